The zero-order valence-electron chi connectivity index (χ0n) is 15.2. The van der Waals surface area contributed by atoms with Crippen molar-refractivity contribution < 1.29 is 13.0 Å². The van der Waals surface area contributed by atoms with Crippen molar-refractivity contribution in [1.29, 1.82) is 0 Å². The molecule has 1 amide bonds. The van der Waals surface area contributed by atoms with Crippen LogP contribution in [0.1, 0.15) is 10.4 Å². The summed E-state index contributed by atoms with van der Waals surface area (Å²) in [7, 11) is 1.83. The molecule has 3 N–H and O–H groups in total. The van der Waals surface area contributed by atoms with Gasteiger partial charge in [-0.15, -0.1) is 0 Å². The van der Waals surface area contributed by atoms with Gasteiger partial charge in [0.15, 0.2) is 5.65 Å². The maximum absolute atomic E-state index is 12.7. The van der Waals surface area contributed by atoms with Crippen molar-refractivity contribution in [2.24, 2.45) is 7.05 Å². The number of nitrogens with one attached hydrogen (secondary N) is 2. The molecule has 0 aliphatic carbocycles. The zero-order chi connectivity index (χ0) is 20.5. The summed E-state index contributed by atoms with van der Waals surface area (Å²) in [4.78, 5) is 24.6. The summed E-state index contributed by atoms with van der Waals surface area (Å²) >= 11 is 7.81. The van der Waals surface area contributed by atoms with Crippen molar-refractivity contribution in [3.63, 3.8) is 0 Å². The highest BCUT2D eigenvalue weighted by Gasteiger charge is 2.20. The minimum atomic E-state index is -0.523. The lowest BCUT2D eigenvalue weighted by Crippen LogP contribution is -2.40. The highest BCUT2D eigenvalue weighted by atomic mass is 127. The van der Waals surface area contributed by atoms with Gasteiger partial charge in [0.1, 0.15) is 39.9 Å². The summed E-state index contributed by atoms with van der Waals surface area (Å²) in [5.41, 5.74) is 3.27. The Morgan fingerprint density at radius 3 is 3.07 bits per heavy atom. The Labute approximate surface area is 184 Å². The SMILES string of the molecule is Cn1nc(-c2cnc3[nH]cc(C(=O)NC(CO)COI)c3n2)c2ccc(Cl)cc21. The van der Waals surface area contributed by atoms with Gasteiger partial charge < -0.3 is 18.5 Å². The van der Waals surface area contributed by atoms with Crippen LogP contribution in [0.15, 0.2) is 30.6 Å². The summed E-state index contributed by atoms with van der Waals surface area (Å²) in [6.45, 7) is -0.0545. The fourth-order valence-corrected chi connectivity index (χ4v) is 3.68. The van der Waals surface area contributed by atoms with Gasteiger partial charge in [0.2, 0.25) is 0 Å². The van der Waals surface area contributed by atoms with E-state index in [1.807, 2.05) is 19.2 Å². The molecule has 1 aromatic carbocycles. The Kier molecular flexibility index (Phi) is 5.67. The molecular formula is C18H16ClIN6O3. The molecule has 9 nitrogen and oxygen atoms in total. The fraction of sp³-hybridized carbons (Fsp3) is 0.222. The molecule has 0 fully saturated rings. The van der Waals surface area contributed by atoms with E-state index < -0.39 is 6.04 Å². The van der Waals surface area contributed by atoms with Crippen molar-refractivity contribution >= 4 is 62.6 Å². The quantitative estimate of drug-likeness (QED) is 0.333. The number of halogens is 2. The molecule has 0 bridgehead atoms. The minimum Gasteiger partial charge on any atom is -0.394 e. The van der Waals surface area contributed by atoms with E-state index in [1.54, 1.807) is 46.1 Å². The van der Waals surface area contributed by atoms with Gasteiger partial charge in [0.25, 0.3) is 5.91 Å². The Morgan fingerprint density at radius 2 is 2.31 bits per heavy atom. The Morgan fingerprint density at radius 1 is 1.48 bits per heavy atom. The minimum absolute atomic E-state index is 0.185. The van der Waals surface area contributed by atoms with Crippen LogP contribution in [0.25, 0.3) is 33.5 Å². The molecule has 150 valence electrons. The number of aliphatic hydroxyl groups is 1. The number of aliphatic hydroxyl groups excluding tert-OH is 1. The van der Waals surface area contributed by atoms with Gasteiger partial charge in [-0.2, -0.15) is 5.10 Å². The lowest BCUT2D eigenvalue weighted by molar-refractivity contribution is 0.0901. The van der Waals surface area contributed by atoms with Crippen molar-refractivity contribution in [1.82, 2.24) is 30.0 Å². The van der Waals surface area contributed by atoms with Gasteiger partial charge in [-0.3, -0.25) is 9.48 Å². The average molecular weight is 527 g/mol. The number of H-pyrrole nitrogens is 1. The van der Waals surface area contributed by atoms with E-state index in [9.17, 15) is 9.90 Å². The number of carbonyl (C=O) groups excluding carboxylic acids is 1. The molecule has 1 unspecified atom stereocenters. The monoisotopic (exact) mass is 526 g/mol. The number of carbonyl (C=O) groups is 1. The third-order valence-corrected chi connectivity index (χ3v) is 5.10. The molecular weight excluding hydrogens is 511 g/mol. The summed E-state index contributed by atoms with van der Waals surface area (Å²) in [6, 6.07) is 4.98. The van der Waals surface area contributed by atoms with Gasteiger partial charge >= 0.3 is 0 Å². The van der Waals surface area contributed by atoms with Gasteiger partial charge in [-0.25, -0.2) is 9.97 Å². The number of benzene rings is 1. The molecule has 4 rings (SSSR count). The van der Waals surface area contributed by atoms with Crippen LogP contribution in [0.5, 0.6) is 0 Å². The molecule has 3 heterocycles. The topological polar surface area (TPSA) is 118 Å². The van der Waals surface area contributed by atoms with Crippen LogP contribution in [0, 0.1) is 0 Å². The first-order chi connectivity index (χ1) is 14.0. The molecule has 0 saturated heterocycles. The maximum Gasteiger partial charge on any atom is 0.255 e. The maximum atomic E-state index is 12.7. The first-order valence-corrected chi connectivity index (χ1v) is 9.89. The lowest BCUT2D eigenvalue weighted by Gasteiger charge is -2.13. The Balaban J connectivity index is 1.75. The Hall–Kier alpha value is -2.28. The summed E-state index contributed by atoms with van der Waals surface area (Å²) in [6.07, 6.45) is 3.15. The van der Waals surface area contributed by atoms with Crippen molar-refractivity contribution in [3.05, 3.63) is 41.2 Å². The van der Waals surface area contributed by atoms with Gasteiger partial charge in [-0.1, -0.05) is 11.6 Å². The number of amides is 1. The van der Waals surface area contributed by atoms with Crippen molar-refractivity contribution in [2.75, 3.05) is 13.2 Å². The van der Waals surface area contributed by atoms with Crippen molar-refractivity contribution in [3.8, 4) is 11.4 Å². The molecule has 3 aromatic heterocycles. The predicted octanol–water partition coefficient (Wildman–Crippen LogP) is 2.62. The number of rotatable bonds is 6. The first-order valence-electron chi connectivity index (χ1n) is 8.63. The highest BCUT2D eigenvalue weighted by molar-refractivity contribution is 14.1. The number of hydrogen-bond donors (Lipinski definition) is 3. The molecule has 0 radical (unpaired) electrons. The van der Waals surface area contributed by atoms with Crippen LogP contribution in [0.3, 0.4) is 0 Å². The normalized spacial score (nSPS) is 12.6. The highest BCUT2D eigenvalue weighted by Crippen LogP contribution is 2.29. The van der Waals surface area contributed by atoms with Crippen LogP contribution in [0.2, 0.25) is 5.02 Å². The van der Waals surface area contributed by atoms with Gasteiger partial charge in [-0.05, 0) is 18.2 Å². The van der Waals surface area contributed by atoms with Crippen LogP contribution in [0.4, 0.5) is 0 Å². The van der Waals surface area contributed by atoms with Crippen molar-refractivity contribution in [2.45, 2.75) is 6.04 Å². The van der Waals surface area contributed by atoms with E-state index >= 15 is 0 Å². The summed E-state index contributed by atoms with van der Waals surface area (Å²) < 4.78 is 6.69. The van der Waals surface area contributed by atoms with E-state index in [4.69, 9.17) is 14.7 Å². The van der Waals surface area contributed by atoms with E-state index in [0.29, 0.717) is 33.1 Å². The van der Waals surface area contributed by atoms with E-state index in [-0.39, 0.29) is 19.1 Å². The Bertz CT molecular complexity index is 1210. The van der Waals surface area contributed by atoms with Crippen LogP contribution >= 0.6 is 34.6 Å². The standard InChI is InChI=1S/C18H16ClIN6O3/c1-26-14-4-9(19)2-3-11(14)15(25-26)13-6-22-17-16(24-13)12(5-21-17)18(28)23-10(7-27)8-29-20/h2-6,10,27H,7-8H2,1H3,(H,21,22)(H,23,28). The zero-order valence-corrected chi connectivity index (χ0v) is 18.1. The molecule has 1 atom stereocenters. The lowest BCUT2D eigenvalue weighted by atomic mass is 10.1. The second-order valence-corrected chi connectivity index (χ2v) is 7.48. The molecule has 4 aromatic rings. The van der Waals surface area contributed by atoms with Gasteiger partial charge in [0, 0.05) is 23.7 Å². The van der Waals surface area contributed by atoms with E-state index in [1.165, 1.54) is 0 Å². The smallest absolute Gasteiger partial charge is 0.255 e. The molecule has 0 aliphatic rings. The number of aromatic amines is 1. The average Bonchev–Trinajstić information content (AvgIpc) is 3.28. The largest absolute Gasteiger partial charge is 0.394 e. The fourth-order valence-electron chi connectivity index (χ4n) is 3.08. The third-order valence-electron chi connectivity index (χ3n) is 4.50. The van der Waals surface area contributed by atoms with Crippen LogP contribution in [-0.4, -0.2) is 55.0 Å². The summed E-state index contributed by atoms with van der Waals surface area (Å²) in [5.74, 6) is -0.382. The number of hydrogen-bond acceptors (Lipinski definition) is 6. The van der Waals surface area contributed by atoms with Crippen LogP contribution in [-0.2, 0) is 10.1 Å². The number of fused-ring (bicyclic) bond motifs is 2. The van der Waals surface area contributed by atoms with Crippen LogP contribution < -0.4 is 5.32 Å². The number of nitrogens with zero attached hydrogens (tertiary/aromatic N) is 4. The van der Waals surface area contributed by atoms with E-state index in [0.717, 1.165) is 10.9 Å². The number of aryl methyl sites for hydroxylation is 1. The summed E-state index contributed by atoms with van der Waals surface area (Å²) in [5, 5.41) is 18.1. The first kappa shape index (κ1) is 20.0. The second-order valence-electron chi connectivity index (χ2n) is 6.42. The molecule has 0 saturated carbocycles. The second kappa shape index (κ2) is 8.22. The molecule has 29 heavy (non-hydrogen) atoms. The predicted molar refractivity (Wildman–Crippen MR) is 117 cm³/mol. The van der Waals surface area contributed by atoms with Gasteiger partial charge in [0.05, 0.1) is 36.5 Å². The molecule has 11 heteroatoms. The molecule has 0 aliphatic heterocycles. The molecule has 0 spiro atoms. The third kappa shape index (κ3) is 3.80. The van der Waals surface area contributed by atoms with E-state index in [2.05, 4.69) is 25.4 Å². The number of aromatic nitrogens is 5.